The molecule has 2 aliphatic heterocycles. The topological polar surface area (TPSA) is 158 Å². The number of carboxylic acid groups (broad SMARTS) is 1. The molecular weight excluding hydrogens is 382 g/mol. The van der Waals surface area contributed by atoms with E-state index in [2.05, 4.69) is 22.0 Å². The van der Waals surface area contributed by atoms with E-state index < -0.39 is 35.2 Å². The number of oxime groups is 1. The highest BCUT2D eigenvalue weighted by molar-refractivity contribution is 8.03. The number of carboxylic acids is 1. The summed E-state index contributed by atoms with van der Waals surface area (Å²) in [4.78, 5) is 41.2. The van der Waals surface area contributed by atoms with Crippen molar-refractivity contribution in [1.82, 2.24) is 15.2 Å². The van der Waals surface area contributed by atoms with Gasteiger partial charge >= 0.3 is 5.97 Å². The van der Waals surface area contributed by atoms with Gasteiger partial charge in [-0.15, -0.1) is 23.1 Å². The molecule has 0 saturated carbocycles. The van der Waals surface area contributed by atoms with Gasteiger partial charge in [-0.25, -0.2) is 9.78 Å². The maximum absolute atomic E-state index is 12.4. The fourth-order valence-corrected chi connectivity index (χ4v) is 4.42. The number of aliphatic carboxylic acids is 1. The van der Waals surface area contributed by atoms with Gasteiger partial charge in [0.1, 0.15) is 17.1 Å². The average Bonchev–Trinajstić information content (AvgIpc) is 3.04. The van der Waals surface area contributed by atoms with Crippen LogP contribution < -0.4 is 11.1 Å². The second-order valence-corrected chi connectivity index (χ2v) is 7.19. The Morgan fingerprint density at radius 2 is 2.23 bits per heavy atom. The number of nitrogens with zero attached hydrogens (tertiary/aromatic N) is 3. The minimum Gasteiger partial charge on any atom is -0.479 e. The maximum atomic E-state index is 12.4. The van der Waals surface area contributed by atoms with E-state index in [0.717, 1.165) is 11.3 Å². The van der Waals surface area contributed by atoms with Crippen LogP contribution >= 0.6 is 23.1 Å². The molecule has 136 valence electrons. The quantitative estimate of drug-likeness (QED) is 0.231. The van der Waals surface area contributed by atoms with Crippen molar-refractivity contribution < 1.29 is 24.7 Å². The number of carbonyl (C=O) groups excluding carboxylic acids is 2. The highest BCUT2D eigenvalue weighted by atomic mass is 32.2. The molecule has 2 aliphatic rings. The van der Waals surface area contributed by atoms with Crippen LogP contribution in [0.3, 0.4) is 0 Å². The number of carbonyl (C=O) groups is 3. The summed E-state index contributed by atoms with van der Waals surface area (Å²) in [6.07, 6.45) is 1.38. The molecule has 1 aromatic heterocycles. The zero-order valence-corrected chi connectivity index (χ0v) is 14.7. The number of thioether (sulfide) groups is 1. The van der Waals surface area contributed by atoms with E-state index in [4.69, 9.17) is 10.9 Å². The van der Waals surface area contributed by atoms with E-state index in [0.29, 0.717) is 5.57 Å². The summed E-state index contributed by atoms with van der Waals surface area (Å²) in [6, 6.07) is -2.10. The first-order valence-corrected chi connectivity index (χ1v) is 8.98. The zero-order chi connectivity index (χ0) is 19.0. The van der Waals surface area contributed by atoms with Gasteiger partial charge in [0, 0.05) is 5.38 Å². The molecule has 1 saturated heterocycles. The van der Waals surface area contributed by atoms with Crippen LogP contribution in [-0.4, -0.2) is 61.2 Å². The van der Waals surface area contributed by atoms with Crippen molar-refractivity contribution in [3.8, 4) is 0 Å². The van der Waals surface area contributed by atoms with Crippen molar-refractivity contribution in [2.24, 2.45) is 5.16 Å². The standard InChI is InChI=1S/C14H13N5O5S2/c1-2-5-3-25-12-8(11(21)19(12)9(5)13(22)23)17-10(20)7(18-24)6-4-26-14(15)16-6/h2-4,8-9,12,24H,1H2,(H2,15,16)(H,17,20)(H,22,23)/b18-7+/t8-,9?,12-/m1/s1. The normalized spacial score (nSPS) is 25.0. The predicted molar refractivity (Wildman–Crippen MR) is 94.7 cm³/mol. The van der Waals surface area contributed by atoms with Gasteiger partial charge in [0.2, 0.25) is 5.91 Å². The van der Waals surface area contributed by atoms with Crippen molar-refractivity contribution >= 4 is 51.7 Å². The van der Waals surface area contributed by atoms with Crippen LogP contribution in [0.4, 0.5) is 5.13 Å². The lowest BCUT2D eigenvalue weighted by atomic mass is 9.98. The van der Waals surface area contributed by atoms with Crippen molar-refractivity contribution in [3.63, 3.8) is 0 Å². The van der Waals surface area contributed by atoms with Gasteiger partial charge in [-0.1, -0.05) is 17.8 Å². The molecule has 3 rings (SSSR count). The van der Waals surface area contributed by atoms with Gasteiger partial charge in [-0.05, 0) is 11.0 Å². The first-order valence-electron chi connectivity index (χ1n) is 7.16. The Kier molecular flexibility index (Phi) is 4.70. The van der Waals surface area contributed by atoms with Crippen molar-refractivity contribution in [2.45, 2.75) is 17.5 Å². The molecule has 3 heterocycles. The second kappa shape index (κ2) is 6.80. The summed E-state index contributed by atoms with van der Waals surface area (Å²) >= 11 is 2.26. The Bertz CT molecular complexity index is 864. The van der Waals surface area contributed by atoms with Crippen molar-refractivity contribution in [1.29, 1.82) is 0 Å². The van der Waals surface area contributed by atoms with Gasteiger partial charge in [-0.2, -0.15) is 0 Å². The molecule has 0 aliphatic carbocycles. The number of hydrogen-bond donors (Lipinski definition) is 4. The molecule has 10 nitrogen and oxygen atoms in total. The van der Waals surface area contributed by atoms with Crippen molar-refractivity contribution in [2.75, 3.05) is 5.73 Å². The molecule has 0 aromatic carbocycles. The lowest BCUT2D eigenvalue weighted by Crippen LogP contribution is -2.74. The van der Waals surface area contributed by atoms with Crippen LogP contribution in [-0.2, 0) is 14.4 Å². The Morgan fingerprint density at radius 3 is 2.77 bits per heavy atom. The molecule has 0 bridgehead atoms. The first kappa shape index (κ1) is 17.9. The SMILES string of the molecule is C=CC1=CS[C@@H]2[C@H](NC(=O)/C(=N/O)c3csc(N)n3)C(=O)N2C1C(=O)O. The molecule has 26 heavy (non-hydrogen) atoms. The van der Waals surface area contributed by atoms with Gasteiger partial charge in [0.15, 0.2) is 16.9 Å². The largest absolute Gasteiger partial charge is 0.479 e. The summed E-state index contributed by atoms with van der Waals surface area (Å²) in [7, 11) is 0. The van der Waals surface area contributed by atoms with Crippen LogP contribution in [0.25, 0.3) is 0 Å². The third kappa shape index (κ3) is 2.82. The third-order valence-corrected chi connectivity index (χ3v) is 5.71. The number of nitrogen functional groups attached to an aromatic ring is 1. The van der Waals surface area contributed by atoms with Crippen LogP contribution in [0.5, 0.6) is 0 Å². The highest BCUT2D eigenvalue weighted by Gasteiger charge is 2.55. The Labute approximate surface area is 155 Å². The Balaban J connectivity index is 1.77. The number of thiazole rings is 1. The molecular formula is C14H13N5O5S2. The number of fused-ring (bicyclic) bond motifs is 1. The monoisotopic (exact) mass is 395 g/mol. The van der Waals surface area contributed by atoms with Crippen LogP contribution in [0.15, 0.2) is 34.2 Å². The van der Waals surface area contributed by atoms with Crippen LogP contribution in [0.1, 0.15) is 5.69 Å². The fourth-order valence-electron chi connectivity index (χ4n) is 2.65. The minimum atomic E-state index is -1.19. The highest BCUT2D eigenvalue weighted by Crippen LogP contribution is 2.40. The molecule has 1 fully saturated rings. The molecule has 0 radical (unpaired) electrons. The lowest BCUT2D eigenvalue weighted by Gasteiger charge is -2.51. The molecule has 12 heteroatoms. The van der Waals surface area contributed by atoms with E-state index in [1.54, 1.807) is 5.41 Å². The first-order chi connectivity index (χ1) is 12.4. The minimum absolute atomic E-state index is 0.0738. The number of nitrogens with one attached hydrogen (secondary N) is 1. The molecule has 2 amide bonds. The predicted octanol–water partition coefficient (Wildman–Crippen LogP) is -0.173. The van der Waals surface area contributed by atoms with E-state index >= 15 is 0 Å². The Morgan fingerprint density at radius 1 is 1.50 bits per heavy atom. The van der Waals surface area contributed by atoms with Gasteiger partial charge in [0.25, 0.3) is 5.91 Å². The number of rotatable bonds is 5. The average molecular weight is 395 g/mol. The van der Waals surface area contributed by atoms with Gasteiger partial charge < -0.3 is 26.3 Å². The molecule has 1 aromatic rings. The third-order valence-electron chi connectivity index (χ3n) is 3.85. The summed E-state index contributed by atoms with van der Waals surface area (Å²) < 4.78 is 0. The lowest BCUT2D eigenvalue weighted by molar-refractivity contribution is -0.159. The summed E-state index contributed by atoms with van der Waals surface area (Å²) in [6.45, 7) is 3.55. The summed E-state index contributed by atoms with van der Waals surface area (Å²) in [5.41, 5.74) is 5.58. The van der Waals surface area contributed by atoms with Gasteiger partial charge in [0.05, 0.1) is 0 Å². The molecule has 5 N–H and O–H groups in total. The van der Waals surface area contributed by atoms with E-state index in [1.807, 2.05) is 0 Å². The number of anilines is 1. The molecule has 1 unspecified atom stereocenters. The van der Waals surface area contributed by atoms with E-state index in [-0.39, 0.29) is 16.5 Å². The van der Waals surface area contributed by atoms with Crippen molar-refractivity contribution in [3.05, 3.63) is 34.7 Å². The maximum Gasteiger partial charge on any atom is 0.331 e. The van der Waals surface area contributed by atoms with E-state index in [9.17, 15) is 19.5 Å². The number of β-lactam (4-membered cyclic amide) rings is 1. The summed E-state index contributed by atoms with van der Waals surface area (Å²) in [5, 5.41) is 26.5. The van der Waals surface area contributed by atoms with Crippen LogP contribution in [0.2, 0.25) is 0 Å². The summed E-state index contributed by atoms with van der Waals surface area (Å²) in [5.74, 6) is -2.55. The van der Waals surface area contributed by atoms with E-state index in [1.165, 1.54) is 28.1 Å². The fraction of sp³-hybridized carbons (Fsp3) is 0.214. The van der Waals surface area contributed by atoms with Crippen LogP contribution in [0, 0.1) is 0 Å². The number of nitrogens with two attached hydrogens (primary N) is 1. The number of amides is 2. The smallest absolute Gasteiger partial charge is 0.331 e. The zero-order valence-electron chi connectivity index (χ0n) is 13.0. The second-order valence-electron chi connectivity index (χ2n) is 5.31. The molecule has 0 spiro atoms. The number of hydrogen-bond acceptors (Lipinski definition) is 9. The van der Waals surface area contributed by atoms with Gasteiger partial charge in [-0.3, -0.25) is 9.59 Å². The number of aromatic nitrogens is 1. The molecule has 3 atom stereocenters. The Hall–Kier alpha value is -2.86.